The van der Waals surface area contributed by atoms with Crippen molar-refractivity contribution < 1.29 is 0 Å². The van der Waals surface area contributed by atoms with E-state index in [-0.39, 0.29) is 10.8 Å². The Kier molecular flexibility index (Phi) is 5.09. The average molecular weight is 329 g/mol. The van der Waals surface area contributed by atoms with Crippen molar-refractivity contribution in [2.24, 2.45) is 0 Å². The van der Waals surface area contributed by atoms with Crippen molar-refractivity contribution in [1.29, 1.82) is 0 Å². The summed E-state index contributed by atoms with van der Waals surface area (Å²) in [6, 6.07) is 0. The van der Waals surface area contributed by atoms with Gasteiger partial charge in [0.25, 0.3) is 0 Å². The van der Waals surface area contributed by atoms with Crippen LogP contribution in [0.2, 0.25) is 0 Å². The van der Waals surface area contributed by atoms with E-state index in [1.165, 1.54) is 0 Å². The molecule has 0 spiro atoms. The summed E-state index contributed by atoms with van der Waals surface area (Å²) >= 11 is 0. The maximum atomic E-state index is 5.56. The first-order valence-electron chi connectivity index (χ1n) is 8.09. The van der Waals surface area contributed by atoms with Gasteiger partial charge in [0.2, 0.25) is 0 Å². The normalized spacial score (nSPS) is 12.6. The van der Waals surface area contributed by atoms with E-state index in [1.807, 2.05) is 0 Å². The maximum absolute atomic E-state index is 5.56. The molecule has 0 atom stereocenters. The minimum absolute atomic E-state index is 0.0748. The molecular weight excluding hydrogens is 302 g/mol. The highest BCUT2D eigenvalue weighted by atomic mass is 15.4. The second-order valence-electron chi connectivity index (χ2n) is 8.09. The first-order chi connectivity index (χ1) is 11.1. The highest BCUT2D eigenvalue weighted by Crippen LogP contribution is 2.25. The number of aromatic nitrogens is 6. The predicted octanol–water partition coefficient (Wildman–Crippen LogP) is 2.15. The highest BCUT2D eigenvalue weighted by molar-refractivity contribution is 5.20. The minimum Gasteiger partial charge on any atom is -0.280 e. The molecule has 0 aliphatic rings. The summed E-state index contributed by atoms with van der Waals surface area (Å²) in [4.78, 5) is 2.13. The third-order valence-corrected chi connectivity index (χ3v) is 3.72. The van der Waals surface area contributed by atoms with Gasteiger partial charge in [0, 0.05) is 23.9 Å². The third kappa shape index (κ3) is 4.20. The number of hydrogen-bond donors (Lipinski definition) is 2. The summed E-state index contributed by atoms with van der Waals surface area (Å²) in [5.74, 6) is 2.72. The highest BCUT2D eigenvalue weighted by Gasteiger charge is 2.26. The molecule has 7 nitrogen and oxygen atoms in total. The van der Waals surface area contributed by atoms with Crippen LogP contribution in [0.5, 0.6) is 0 Å². The lowest BCUT2D eigenvalue weighted by Gasteiger charge is -2.23. The molecule has 0 bridgehead atoms. The van der Waals surface area contributed by atoms with Crippen LogP contribution in [0.1, 0.15) is 64.3 Å². The van der Waals surface area contributed by atoms with E-state index >= 15 is 0 Å². The number of H-pyrrole nitrogens is 2. The molecule has 0 aromatic carbocycles. The minimum atomic E-state index is -0.0748. The smallest absolute Gasteiger partial charge is 0.100 e. The Hall–Kier alpha value is -2.20. The first-order valence-corrected chi connectivity index (χ1v) is 8.09. The van der Waals surface area contributed by atoms with E-state index in [9.17, 15) is 0 Å². The zero-order valence-corrected chi connectivity index (χ0v) is 15.4. The summed E-state index contributed by atoms with van der Waals surface area (Å²) in [7, 11) is 0. The van der Waals surface area contributed by atoms with E-state index in [0.29, 0.717) is 19.6 Å². The molecule has 2 aromatic rings. The Morgan fingerprint density at radius 3 is 1.58 bits per heavy atom. The fourth-order valence-electron chi connectivity index (χ4n) is 2.65. The number of terminal acetylenes is 1. The lowest BCUT2D eigenvalue weighted by Crippen LogP contribution is -2.27. The second-order valence-corrected chi connectivity index (χ2v) is 8.09. The van der Waals surface area contributed by atoms with Crippen molar-refractivity contribution in [3.8, 4) is 12.3 Å². The van der Waals surface area contributed by atoms with Crippen LogP contribution < -0.4 is 0 Å². The molecule has 2 aromatic heterocycles. The SMILES string of the molecule is C#CCN(Cc1n[nH]nc1C(C)(C)C)Cc1n[nH]nc1C(C)(C)C. The van der Waals surface area contributed by atoms with Crippen molar-refractivity contribution in [3.63, 3.8) is 0 Å². The van der Waals surface area contributed by atoms with Gasteiger partial charge >= 0.3 is 0 Å². The molecule has 0 aliphatic carbocycles. The molecule has 0 amide bonds. The Bertz CT molecular complexity index is 652. The molecular formula is C17H27N7. The molecule has 2 N–H and O–H groups in total. The molecule has 0 saturated carbocycles. The Morgan fingerprint density at radius 1 is 0.833 bits per heavy atom. The zero-order chi connectivity index (χ0) is 18.0. The van der Waals surface area contributed by atoms with E-state index in [4.69, 9.17) is 6.42 Å². The number of nitrogens with one attached hydrogen (secondary N) is 2. The lowest BCUT2D eigenvalue weighted by atomic mass is 9.90. The van der Waals surface area contributed by atoms with Gasteiger partial charge in [-0.05, 0) is 0 Å². The number of hydrogen-bond acceptors (Lipinski definition) is 5. The van der Waals surface area contributed by atoms with Crippen molar-refractivity contribution in [1.82, 2.24) is 35.7 Å². The van der Waals surface area contributed by atoms with Gasteiger partial charge in [-0.15, -0.1) is 6.42 Å². The van der Waals surface area contributed by atoms with Gasteiger partial charge in [-0.3, -0.25) is 4.90 Å². The monoisotopic (exact) mass is 329 g/mol. The molecule has 7 heteroatoms. The Morgan fingerprint density at radius 2 is 1.25 bits per heavy atom. The van der Waals surface area contributed by atoms with Crippen LogP contribution in [-0.4, -0.2) is 42.3 Å². The van der Waals surface area contributed by atoms with Gasteiger partial charge in [0.05, 0.1) is 17.9 Å². The van der Waals surface area contributed by atoms with Gasteiger partial charge in [-0.1, -0.05) is 47.5 Å². The topological polar surface area (TPSA) is 86.4 Å². The first kappa shape index (κ1) is 18.1. The average Bonchev–Trinajstić information content (AvgIpc) is 3.06. The summed E-state index contributed by atoms with van der Waals surface area (Å²) in [5.41, 5.74) is 3.60. The Labute approximate surface area is 143 Å². The van der Waals surface area contributed by atoms with Gasteiger partial charge < -0.3 is 0 Å². The van der Waals surface area contributed by atoms with E-state index in [2.05, 4.69) is 83.2 Å². The van der Waals surface area contributed by atoms with Crippen molar-refractivity contribution in [2.75, 3.05) is 6.54 Å². The van der Waals surface area contributed by atoms with Crippen LogP contribution in [0, 0.1) is 12.3 Å². The third-order valence-electron chi connectivity index (χ3n) is 3.72. The van der Waals surface area contributed by atoms with Crippen LogP contribution >= 0.6 is 0 Å². The van der Waals surface area contributed by atoms with Gasteiger partial charge in [0.1, 0.15) is 11.4 Å². The second kappa shape index (κ2) is 6.73. The van der Waals surface area contributed by atoms with Crippen molar-refractivity contribution in [3.05, 3.63) is 22.8 Å². The summed E-state index contributed by atoms with van der Waals surface area (Å²) in [6.07, 6.45) is 5.56. The molecule has 0 aliphatic heterocycles. The molecule has 2 heterocycles. The number of rotatable bonds is 5. The van der Waals surface area contributed by atoms with E-state index in [1.54, 1.807) is 0 Å². The maximum Gasteiger partial charge on any atom is 0.100 e. The van der Waals surface area contributed by atoms with Crippen LogP contribution in [-0.2, 0) is 23.9 Å². The summed E-state index contributed by atoms with van der Waals surface area (Å²) < 4.78 is 0. The van der Waals surface area contributed by atoms with E-state index in [0.717, 1.165) is 22.8 Å². The predicted molar refractivity (Wildman–Crippen MR) is 93.1 cm³/mol. The number of aromatic amines is 2. The molecule has 2 rings (SSSR count). The van der Waals surface area contributed by atoms with Crippen LogP contribution in [0.4, 0.5) is 0 Å². The zero-order valence-electron chi connectivity index (χ0n) is 15.4. The van der Waals surface area contributed by atoms with Crippen LogP contribution in [0.3, 0.4) is 0 Å². The van der Waals surface area contributed by atoms with Crippen molar-refractivity contribution >= 4 is 0 Å². The van der Waals surface area contributed by atoms with Gasteiger partial charge in [-0.2, -0.15) is 30.8 Å². The summed E-state index contributed by atoms with van der Waals surface area (Å²) in [5, 5.41) is 22.7. The molecule has 0 fully saturated rings. The standard InChI is InChI=1S/C17H27N7/c1-8-9-24(10-12-14(16(2,3)4)20-22-18-12)11-13-15(17(5,6)7)21-23-19-13/h1H,9-11H2,2-7H3,(H,18,20,22)(H,19,21,23). The van der Waals surface area contributed by atoms with Crippen LogP contribution in [0.15, 0.2) is 0 Å². The quantitative estimate of drug-likeness (QED) is 0.821. The molecule has 0 radical (unpaired) electrons. The number of nitrogens with zero attached hydrogens (tertiary/aromatic N) is 5. The molecule has 130 valence electrons. The molecule has 24 heavy (non-hydrogen) atoms. The van der Waals surface area contributed by atoms with Gasteiger partial charge in [0.15, 0.2) is 0 Å². The molecule has 0 unspecified atom stereocenters. The molecule has 0 saturated heterocycles. The Balaban J connectivity index is 2.22. The largest absolute Gasteiger partial charge is 0.280 e. The summed E-state index contributed by atoms with van der Waals surface area (Å²) in [6.45, 7) is 14.5. The van der Waals surface area contributed by atoms with Crippen molar-refractivity contribution in [2.45, 2.75) is 65.5 Å². The van der Waals surface area contributed by atoms with Crippen LogP contribution in [0.25, 0.3) is 0 Å². The fraction of sp³-hybridized carbons (Fsp3) is 0.647. The van der Waals surface area contributed by atoms with E-state index < -0.39 is 0 Å². The fourth-order valence-corrected chi connectivity index (χ4v) is 2.65. The lowest BCUT2D eigenvalue weighted by molar-refractivity contribution is 0.278. The van der Waals surface area contributed by atoms with Gasteiger partial charge in [-0.25, -0.2) is 0 Å².